The number of carbonyl (C=O) groups excluding carboxylic acids is 2. The number of carbonyl (C=O) groups is 2. The average Bonchev–Trinajstić information content (AvgIpc) is 2.97. The number of rotatable bonds is 14. The lowest BCUT2D eigenvalue weighted by Crippen LogP contribution is -2.07. The van der Waals surface area contributed by atoms with E-state index in [-0.39, 0.29) is 23.1 Å². The molecule has 224 valence electrons. The van der Waals surface area contributed by atoms with Crippen molar-refractivity contribution in [2.75, 3.05) is 0 Å². The number of phosphoric ester groups is 1. The molecule has 0 unspecified atom stereocenters. The predicted molar refractivity (Wildman–Crippen MR) is 170 cm³/mol. The molecule has 6 nitrogen and oxygen atoms in total. The molecule has 0 saturated carbocycles. The maximum atomic E-state index is 13.1. The summed E-state index contributed by atoms with van der Waals surface area (Å²) in [5.74, 6) is 0.426. The molecule has 7 heteroatoms. The summed E-state index contributed by atoms with van der Waals surface area (Å²) >= 11 is 0. The summed E-state index contributed by atoms with van der Waals surface area (Å²) in [5.41, 5.74) is 5.72. The van der Waals surface area contributed by atoms with Gasteiger partial charge in [0.25, 0.3) is 0 Å². The molecular weight excluding hydrogens is 559 g/mol. The van der Waals surface area contributed by atoms with Gasteiger partial charge in [-0.2, -0.15) is 0 Å². The Kier molecular flexibility index (Phi) is 10.7. The van der Waals surface area contributed by atoms with Crippen LogP contribution in [0.1, 0.15) is 79.8 Å². The molecule has 4 aromatic carbocycles. The van der Waals surface area contributed by atoms with Crippen molar-refractivity contribution in [1.82, 2.24) is 0 Å². The number of benzene rings is 4. The van der Waals surface area contributed by atoms with E-state index in [1.54, 1.807) is 52.0 Å². The van der Waals surface area contributed by atoms with E-state index in [0.717, 1.165) is 25.7 Å². The molecule has 0 atom stereocenters. The fraction of sp³-hybridized carbons (Fsp3) is 0.278. The molecule has 0 aliphatic heterocycles. The lowest BCUT2D eigenvalue weighted by Gasteiger charge is -2.20. The Hall–Kier alpha value is -3.99. The van der Waals surface area contributed by atoms with Gasteiger partial charge in [0.1, 0.15) is 11.5 Å². The van der Waals surface area contributed by atoms with Crippen LogP contribution >= 0.6 is 7.82 Å². The fourth-order valence-corrected chi connectivity index (χ4v) is 6.32. The van der Waals surface area contributed by atoms with Gasteiger partial charge in [0.15, 0.2) is 11.6 Å². The Balaban J connectivity index is 1.38. The van der Waals surface area contributed by atoms with Gasteiger partial charge in [-0.3, -0.25) is 14.5 Å². The minimum Gasteiger partial charge on any atom is -0.395 e. The molecule has 0 saturated heterocycles. The molecule has 4 aromatic rings. The highest BCUT2D eigenvalue weighted by molar-refractivity contribution is 7.48. The number of ketones is 2. The molecule has 0 heterocycles. The van der Waals surface area contributed by atoms with Crippen molar-refractivity contribution < 1.29 is 28.1 Å². The molecule has 0 aliphatic carbocycles. The van der Waals surface area contributed by atoms with E-state index in [0.29, 0.717) is 46.2 Å². The number of aryl methyl sites for hydroxylation is 6. The Morgan fingerprint density at radius 2 is 0.930 bits per heavy atom. The van der Waals surface area contributed by atoms with Crippen LogP contribution in [0.5, 0.6) is 11.5 Å². The van der Waals surface area contributed by atoms with Gasteiger partial charge in [-0.15, -0.1) is 0 Å². The van der Waals surface area contributed by atoms with Gasteiger partial charge in [0, 0.05) is 24.0 Å². The summed E-state index contributed by atoms with van der Waals surface area (Å²) < 4.78 is 24.2. The van der Waals surface area contributed by atoms with E-state index in [1.165, 1.54) is 11.1 Å². The van der Waals surface area contributed by atoms with Crippen molar-refractivity contribution in [3.05, 3.63) is 129 Å². The highest BCUT2D eigenvalue weighted by atomic mass is 31.2. The monoisotopic (exact) mass is 598 g/mol. The molecule has 1 N–H and O–H groups in total. The van der Waals surface area contributed by atoms with Crippen LogP contribution in [0.2, 0.25) is 0 Å². The third kappa shape index (κ3) is 9.00. The van der Waals surface area contributed by atoms with Crippen LogP contribution in [0.15, 0.2) is 84.9 Å². The smallest absolute Gasteiger partial charge is 0.395 e. The van der Waals surface area contributed by atoms with E-state index in [2.05, 4.69) is 0 Å². The summed E-state index contributed by atoms with van der Waals surface area (Å²) in [6.45, 7) is 6.94. The zero-order valence-electron chi connectivity index (χ0n) is 25.3. The molecule has 0 amide bonds. The Labute approximate surface area is 254 Å². The minimum absolute atomic E-state index is 0.0121. The third-order valence-corrected chi connectivity index (χ3v) is 8.23. The second-order valence-corrected chi connectivity index (χ2v) is 12.4. The van der Waals surface area contributed by atoms with Crippen molar-refractivity contribution in [2.45, 2.75) is 66.2 Å². The maximum Gasteiger partial charge on any atom is 0.584 e. The number of hydrogen-bond acceptors (Lipinski definition) is 5. The van der Waals surface area contributed by atoms with Crippen LogP contribution in [-0.4, -0.2) is 16.5 Å². The molecule has 43 heavy (non-hydrogen) atoms. The van der Waals surface area contributed by atoms with Crippen molar-refractivity contribution in [3.8, 4) is 11.5 Å². The summed E-state index contributed by atoms with van der Waals surface area (Å²) in [6.07, 6.45) is 3.91. The van der Waals surface area contributed by atoms with Crippen LogP contribution in [0.3, 0.4) is 0 Å². The van der Waals surface area contributed by atoms with Gasteiger partial charge in [-0.1, -0.05) is 60.7 Å². The lowest BCUT2D eigenvalue weighted by molar-refractivity contribution is 0.0972. The predicted octanol–water partition coefficient (Wildman–Crippen LogP) is 8.89. The first kappa shape index (κ1) is 31.9. The highest BCUT2D eigenvalue weighted by Crippen LogP contribution is 2.48. The molecule has 0 aromatic heterocycles. The van der Waals surface area contributed by atoms with Crippen LogP contribution in [0.4, 0.5) is 0 Å². The van der Waals surface area contributed by atoms with E-state index in [1.807, 2.05) is 60.7 Å². The Morgan fingerprint density at radius 3 is 1.26 bits per heavy atom. The van der Waals surface area contributed by atoms with E-state index in [4.69, 9.17) is 9.05 Å². The SMILES string of the molecule is Cc1cc(C(=O)CCCc2ccccc2)cc(C)c1OP(=O)(O)Oc1c(C)cc(C(=O)CCCc2ccccc2)cc1C. The molecular formula is C36H39O6P. The molecule has 0 radical (unpaired) electrons. The van der Waals surface area contributed by atoms with Crippen molar-refractivity contribution in [1.29, 1.82) is 0 Å². The Morgan fingerprint density at radius 1 is 0.605 bits per heavy atom. The first-order chi connectivity index (χ1) is 20.5. The summed E-state index contributed by atoms with van der Waals surface area (Å²) in [5, 5.41) is 0. The van der Waals surface area contributed by atoms with E-state index >= 15 is 0 Å². The second kappa shape index (κ2) is 14.5. The van der Waals surface area contributed by atoms with Crippen molar-refractivity contribution in [2.24, 2.45) is 0 Å². The van der Waals surface area contributed by atoms with Crippen LogP contribution < -0.4 is 9.05 Å². The van der Waals surface area contributed by atoms with Gasteiger partial charge in [-0.05, 0) is 111 Å². The number of hydrogen-bond donors (Lipinski definition) is 1. The molecule has 0 aliphatic rings. The van der Waals surface area contributed by atoms with Gasteiger partial charge in [0.05, 0.1) is 0 Å². The van der Waals surface area contributed by atoms with E-state index < -0.39 is 7.82 Å². The maximum absolute atomic E-state index is 13.1. The first-order valence-electron chi connectivity index (χ1n) is 14.6. The fourth-order valence-electron chi connectivity index (χ4n) is 5.24. The van der Waals surface area contributed by atoms with Crippen molar-refractivity contribution in [3.63, 3.8) is 0 Å². The second-order valence-electron chi connectivity index (χ2n) is 11.1. The van der Waals surface area contributed by atoms with Gasteiger partial charge < -0.3 is 9.05 Å². The molecule has 0 fully saturated rings. The summed E-state index contributed by atoms with van der Waals surface area (Å²) in [4.78, 5) is 36.4. The topological polar surface area (TPSA) is 89.9 Å². The number of phosphoric acid groups is 1. The van der Waals surface area contributed by atoms with Crippen LogP contribution in [-0.2, 0) is 17.4 Å². The Bertz CT molecular complexity index is 1460. The quantitative estimate of drug-likeness (QED) is 0.115. The largest absolute Gasteiger partial charge is 0.584 e. The standard InChI is InChI=1S/C36H39O6P/c1-25-21-31(33(37)19-11-17-29-13-7-5-8-14-29)22-26(2)35(25)41-43(39,40)42-36-27(3)23-32(24-28(36)4)34(38)20-12-18-30-15-9-6-10-16-30/h5-10,13-16,21-24H,11-12,17-20H2,1-4H3,(H,39,40). The van der Waals surface area contributed by atoms with Gasteiger partial charge >= 0.3 is 7.82 Å². The van der Waals surface area contributed by atoms with Gasteiger partial charge in [0.2, 0.25) is 0 Å². The average molecular weight is 599 g/mol. The summed E-state index contributed by atoms with van der Waals surface area (Å²) in [6, 6.07) is 26.8. The van der Waals surface area contributed by atoms with Crippen molar-refractivity contribution >= 4 is 19.4 Å². The van der Waals surface area contributed by atoms with E-state index in [9.17, 15) is 19.0 Å². The highest BCUT2D eigenvalue weighted by Gasteiger charge is 2.29. The molecule has 4 rings (SSSR count). The lowest BCUT2D eigenvalue weighted by atomic mass is 9.99. The number of Topliss-reactive ketones (excluding diaryl/α,β-unsaturated/α-hetero) is 2. The normalized spacial score (nSPS) is 11.3. The minimum atomic E-state index is -4.59. The third-order valence-electron chi connectivity index (χ3n) is 7.40. The zero-order chi connectivity index (χ0) is 31.0. The molecule has 0 spiro atoms. The van der Waals surface area contributed by atoms with Gasteiger partial charge in [-0.25, -0.2) is 4.57 Å². The van der Waals surface area contributed by atoms with Crippen LogP contribution in [0.25, 0.3) is 0 Å². The van der Waals surface area contributed by atoms with Crippen LogP contribution in [0, 0.1) is 27.7 Å². The molecule has 0 bridgehead atoms. The zero-order valence-corrected chi connectivity index (χ0v) is 26.2. The first-order valence-corrected chi connectivity index (χ1v) is 16.1. The summed E-state index contributed by atoms with van der Waals surface area (Å²) in [7, 11) is -4.59.